The first kappa shape index (κ1) is 16.4. The van der Waals surface area contributed by atoms with Gasteiger partial charge < -0.3 is 4.74 Å². The predicted octanol–water partition coefficient (Wildman–Crippen LogP) is 4.64. The quantitative estimate of drug-likeness (QED) is 0.588. The van der Waals surface area contributed by atoms with E-state index in [0.717, 1.165) is 11.1 Å². The SMILES string of the molecule is CC(C)=C/C(C)=C/C1(C)CCC2=C(O1)c1ccccc1C(=O)C2=O. The number of Topliss-reactive ketones (excluding diaryl/α,β-unsaturated/α-hetero) is 2. The molecule has 1 aliphatic heterocycles. The second-order valence-electron chi connectivity index (χ2n) is 7.04. The molecule has 1 heterocycles. The summed E-state index contributed by atoms with van der Waals surface area (Å²) in [6.45, 7) is 8.20. The number of carbonyl (C=O) groups is 2. The summed E-state index contributed by atoms with van der Waals surface area (Å²) in [6, 6.07) is 7.19. The summed E-state index contributed by atoms with van der Waals surface area (Å²) in [5.41, 5.74) is 3.57. The van der Waals surface area contributed by atoms with Crippen molar-refractivity contribution in [3.8, 4) is 0 Å². The summed E-state index contributed by atoms with van der Waals surface area (Å²) in [6.07, 6.45) is 5.46. The van der Waals surface area contributed by atoms with Crippen molar-refractivity contribution in [3.05, 3.63) is 64.3 Å². The van der Waals surface area contributed by atoms with Gasteiger partial charge in [-0.05, 0) is 46.6 Å². The first-order chi connectivity index (χ1) is 11.3. The second kappa shape index (κ2) is 5.90. The molecule has 0 spiro atoms. The van der Waals surface area contributed by atoms with Crippen LogP contribution < -0.4 is 0 Å². The minimum Gasteiger partial charge on any atom is -0.482 e. The summed E-state index contributed by atoms with van der Waals surface area (Å²) in [5.74, 6) is -0.270. The maximum absolute atomic E-state index is 12.4. The molecule has 3 rings (SSSR count). The van der Waals surface area contributed by atoms with E-state index in [9.17, 15) is 9.59 Å². The van der Waals surface area contributed by atoms with Crippen molar-refractivity contribution < 1.29 is 14.3 Å². The van der Waals surface area contributed by atoms with Gasteiger partial charge in [-0.2, -0.15) is 0 Å². The van der Waals surface area contributed by atoms with Crippen LogP contribution in [0.25, 0.3) is 5.76 Å². The number of rotatable bonds is 2. The van der Waals surface area contributed by atoms with Gasteiger partial charge >= 0.3 is 0 Å². The molecule has 0 N–H and O–H groups in total. The van der Waals surface area contributed by atoms with Crippen LogP contribution in [0.2, 0.25) is 0 Å². The van der Waals surface area contributed by atoms with Gasteiger partial charge in [-0.25, -0.2) is 0 Å². The Bertz CT molecular complexity index is 819. The van der Waals surface area contributed by atoms with Gasteiger partial charge in [0.1, 0.15) is 11.4 Å². The largest absolute Gasteiger partial charge is 0.482 e. The van der Waals surface area contributed by atoms with E-state index in [1.165, 1.54) is 5.57 Å². The molecule has 0 radical (unpaired) electrons. The van der Waals surface area contributed by atoms with Crippen LogP contribution in [-0.4, -0.2) is 17.2 Å². The lowest BCUT2D eigenvalue weighted by molar-refractivity contribution is -0.112. The van der Waals surface area contributed by atoms with E-state index in [1.807, 2.05) is 19.1 Å². The number of allylic oxidation sites excluding steroid dienone is 4. The molecule has 124 valence electrons. The van der Waals surface area contributed by atoms with Gasteiger partial charge in [0, 0.05) is 16.7 Å². The van der Waals surface area contributed by atoms with Crippen LogP contribution in [0.1, 0.15) is 56.5 Å². The fourth-order valence-electron chi connectivity index (χ4n) is 3.49. The van der Waals surface area contributed by atoms with Crippen LogP contribution in [0.4, 0.5) is 0 Å². The number of ketones is 2. The summed E-state index contributed by atoms with van der Waals surface area (Å²) in [7, 11) is 0. The van der Waals surface area contributed by atoms with Gasteiger partial charge in [0.05, 0.1) is 0 Å². The van der Waals surface area contributed by atoms with E-state index in [0.29, 0.717) is 29.7 Å². The van der Waals surface area contributed by atoms with Crippen LogP contribution in [-0.2, 0) is 9.53 Å². The molecule has 1 unspecified atom stereocenters. The minimum absolute atomic E-state index is 0.421. The average molecular weight is 322 g/mol. The highest BCUT2D eigenvalue weighted by molar-refractivity contribution is 6.52. The smallest absolute Gasteiger partial charge is 0.234 e. The van der Waals surface area contributed by atoms with Crippen molar-refractivity contribution in [1.29, 1.82) is 0 Å². The number of benzene rings is 1. The lowest BCUT2D eigenvalue weighted by Gasteiger charge is -2.37. The Balaban J connectivity index is 2.04. The summed E-state index contributed by atoms with van der Waals surface area (Å²) in [5, 5.41) is 0. The maximum atomic E-state index is 12.4. The molecule has 24 heavy (non-hydrogen) atoms. The lowest BCUT2D eigenvalue weighted by Crippen LogP contribution is -2.35. The second-order valence-corrected chi connectivity index (χ2v) is 7.04. The molecule has 3 nitrogen and oxygen atoms in total. The summed E-state index contributed by atoms with van der Waals surface area (Å²) >= 11 is 0. The van der Waals surface area contributed by atoms with Gasteiger partial charge in [-0.3, -0.25) is 9.59 Å². The standard InChI is InChI=1S/C21H22O3/c1-13(2)11-14(3)12-21(4)10-9-17-19(23)18(22)15-7-5-6-8-16(15)20(17)24-21/h5-8,11-12H,9-10H2,1-4H3/b14-12+. The fraction of sp³-hybridized carbons (Fsp3) is 0.333. The fourth-order valence-corrected chi connectivity index (χ4v) is 3.49. The van der Waals surface area contributed by atoms with Crippen LogP contribution in [0.3, 0.4) is 0 Å². The predicted molar refractivity (Wildman–Crippen MR) is 94.6 cm³/mol. The van der Waals surface area contributed by atoms with Gasteiger partial charge in [0.2, 0.25) is 11.6 Å². The molecule has 0 aromatic heterocycles. The average Bonchev–Trinajstić information content (AvgIpc) is 2.51. The molecule has 0 fully saturated rings. The molecule has 2 aliphatic rings. The van der Waals surface area contributed by atoms with Gasteiger partial charge in [0.25, 0.3) is 0 Å². The van der Waals surface area contributed by atoms with Crippen LogP contribution in [0.5, 0.6) is 0 Å². The van der Waals surface area contributed by atoms with Crippen molar-refractivity contribution in [1.82, 2.24) is 0 Å². The molecule has 0 bridgehead atoms. The summed E-state index contributed by atoms with van der Waals surface area (Å²) in [4.78, 5) is 24.7. The topological polar surface area (TPSA) is 43.4 Å². The van der Waals surface area contributed by atoms with E-state index in [1.54, 1.807) is 12.1 Å². The molecule has 1 aromatic rings. The highest BCUT2D eigenvalue weighted by Crippen LogP contribution is 2.42. The van der Waals surface area contributed by atoms with E-state index >= 15 is 0 Å². The summed E-state index contributed by atoms with van der Waals surface area (Å²) < 4.78 is 6.28. The van der Waals surface area contributed by atoms with Crippen molar-refractivity contribution in [3.63, 3.8) is 0 Å². The van der Waals surface area contributed by atoms with E-state index in [4.69, 9.17) is 4.74 Å². The Morgan fingerprint density at radius 1 is 1.08 bits per heavy atom. The first-order valence-corrected chi connectivity index (χ1v) is 8.26. The number of hydrogen-bond donors (Lipinski definition) is 0. The Labute approximate surface area is 142 Å². The Hall–Kier alpha value is -2.42. The third-order valence-corrected chi connectivity index (χ3v) is 4.43. The van der Waals surface area contributed by atoms with E-state index in [-0.39, 0.29) is 0 Å². The number of carbonyl (C=O) groups excluding carboxylic acids is 2. The van der Waals surface area contributed by atoms with E-state index in [2.05, 4.69) is 32.9 Å². The Morgan fingerprint density at radius 3 is 2.42 bits per heavy atom. The normalized spacial score (nSPS) is 23.4. The van der Waals surface area contributed by atoms with Crippen LogP contribution in [0, 0.1) is 0 Å². The van der Waals surface area contributed by atoms with Crippen molar-refractivity contribution in [2.24, 2.45) is 0 Å². The Kier molecular flexibility index (Phi) is 4.04. The van der Waals surface area contributed by atoms with Crippen molar-refractivity contribution in [2.75, 3.05) is 0 Å². The molecular formula is C21H22O3. The monoisotopic (exact) mass is 322 g/mol. The van der Waals surface area contributed by atoms with Crippen LogP contribution in [0.15, 0.2) is 53.1 Å². The third kappa shape index (κ3) is 2.86. The molecule has 0 saturated heterocycles. The van der Waals surface area contributed by atoms with Crippen LogP contribution >= 0.6 is 0 Å². The molecule has 1 atom stereocenters. The first-order valence-electron chi connectivity index (χ1n) is 8.26. The molecular weight excluding hydrogens is 300 g/mol. The van der Waals surface area contributed by atoms with Gasteiger partial charge in [-0.15, -0.1) is 0 Å². The van der Waals surface area contributed by atoms with Crippen molar-refractivity contribution in [2.45, 2.75) is 46.1 Å². The molecule has 0 saturated carbocycles. The zero-order chi connectivity index (χ0) is 17.5. The highest BCUT2D eigenvalue weighted by Gasteiger charge is 2.40. The zero-order valence-corrected chi connectivity index (χ0v) is 14.6. The number of fused-ring (bicyclic) bond motifs is 2. The number of ether oxygens (including phenoxy) is 1. The lowest BCUT2D eigenvalue weighted by atomic mass is 9.81. The van der Waals surface area contributed by atoms with E-state index < -0.39 is 17.2 Å². The minimum atomic E-state index is -0.483. The maximum Gasteiger partial charge on any atom is 0.234 e. The number of hydrogen-bond acceptors (Lipinski definition) is 3. The van der Waals surface area contributed by atoms with Gasteiger partial charge in [0.15, 0.2) is 0 Å². The molecule has 1 aliphatic carbocycles. The zero-order valence-electron chi connectivity index (χ0n) is 14.6. The molecule has 3 heteroatoms. The highest BCUT2D eigenvalue weighted by atomic mass is 16.5. The molecule has 0 amide bonds. The van der Waals surface area contributed by atoms with Gasteiger partial charge in [-0.1, -0.05) is 41.5 Å². The van der Waals surface area contributed by atoms with Crippen molar-refractivity contribution >= 4 is 17.3 Å². The molecule has 1 aromatic carbocycles. The third-order valence-electron chi connectivity index (χ3n) is 4.43. The Morgan fingerprint density at radius 2 is 1.75 bits per heavy atom.